The summed E-state index contributed by atoms with van der Waals surface area (Å²) in [5.41, 5.74) is 15.3. The molecule has 0 bridgehead atoms. The van der Waals surface area contributed by atoms with Crippen LogP contribution in [-0.4, -0.2) is 24.1 Å². The molecule has 0 fully saturated rings. The molecule has 0 amide bonds. The van der Waals surface area contributed by atoms with E-state index in [-0.39, 0.29) is 0 Å². The summed E-state index contributed by atoms with van der Waals surface area (Å²) in [6, 6.07) is 83.5. The highest BCUT2D eigenvalue weighted by Crippen LogP contribution is 2.45. The molecule has 0 saturated heterocycles. The molecule has 0 aliphatic carbocycles. The third-order valence-corrected chi connectivity index (χ3v) is 13.5. The first kappa shape index (κ1) is 38.8. The van der Waals surface area contributed by atoms with Gasteiger partial charge in [-0.3, -0.25) is 4.57 Å². The van der Waals surface area contributed by atoms with Crippen LogP contribution >= 0.6 is 0 Å². The molecule has 14 rings (SSSR count). The molecule has 0 unspecified atom stereocenters. The van der Waals surface area contributed by atoms with Gasteiger partial charge in [-0.25, -0.2) is 4.98 Å². The summed E-state index contributed by atoms with van der Waals surface area (Å²) in [7, 11) is 0. The van der Waals surface area contributed by atoms with Gasteiger partial charge in [0.1, 0.15) is 11.2 Å². The molecule has 6 nitrogen and oxygen atoms in total. The fourth-order valence-corrected chi connectivity index (χ4v) is 10.4. The topological polar surface area (TPSA) is 61.7 Å². The summed E-state index contributed by atoms with van der Waals surface area (Å²) in [5.74, 6) is 1.75. The zero-order valence-corrected chi connectivity index (χ0v) is 37.2. The first-order valence-corrected chi connectivity index (χ1v) is 23.3. The molecule has 0 N–H and O–H groups in total. The molecule has 69 heavy (non-hydrogen) atoms. The molecule has 6 heteroatoms. The molecule has 0 atom stereocenters. The molecule has 0 spiro atoms. The summed E-state index contributed by atoms with van der Waals surface area (Å²) in [5, 5.41) is 6.58. The smallest absolute Gasteiger partial charge is 0.238 e. The number of aromatic nitrogens is 5. The summed E-state index contributed by atoms with van der Waals surface area (Å²) >= 11 is 0. The minimum absolute atomic E-state index is 0.543. The van der Waals surface area contributed by atoms with Crippen molar-refractivity contribution in [1.82, 2.24) is 24.1 Å². The van der Waals surface area contributed by atoms with Crippen LogP contribution in [0.15, 0.2) is 241 Å². The lowest BCUT2D eigenvalue weighted by molar-refractivity contribution is 0.670. The molecular weight excluding hydrogens is 843 g/mol. The third-order valence-electron chi connectivity index (χ3n) is 13.5. The monoisotopic (exact) mass is 881 g/mol. The lowest BCUT2D eigenvalue weighted by Crippen LogP contribution is -2.07. The highest BCUT2D eigenvalue weighted by atomic mass is 16.3. The van der Waals surface area contributed by atoms with Crippen molar-refractivity contribution >= 4 is 65.6 Å². The quantitative estimate of drug-likeness (QED) is 0.160. The van der Waals surface area contributed by atoms with Gasteiger partial charge in [0.2, 0.25) is 5.95 Å². The Balaban J connectivity index is 1.12. The molecule has 0 aliphatic heterocycles. The van der Waals surface area contributed by atoms with Gasteiger partial charge in [-0.2, -0.15) is 9.97 Å². The Bertz CT molecular complexity index is 4170. The van der Waals surface area contributed by atoms with Crippen LogP contribution in [0.1, 0.15) is 0 Å². The summed E-state index contributed by atoms with van der Waals surface area (Å²) < 4.78 is 11.6. The molecule has 0 aliphatic rings. The molecule has 4 heterocycles. The first-order chi connectivity index (χ1) is 34.2. The minimum Gasteiger partial charge on any atom is -0.455 e. The number of rotatable bonds is 7. The van der Waals surface area contributed by atoms with Crippen LogP contribution < -0.4 is 0 Å². The van der Waals surface area contributed by atoms with E-state index in [2.05, 4.69) is 203 Å². The van der Waals surface area contributed by atoms with Crippen LogP contribution in [0.4, 0.5) is 0 Å². The zero-order valence-electron chi connectivity index (χ0n) is 37.2. The van der Waals surface area contributed by atoms with E-state index in [1.54, 1.807) is 0 Å². The van der Waals surface area contributed by atoms with Gasteiger partial charge in [0.05, 0.1) is 22.1 Å². The van der Waals surface area contributed by atoms with Crippen molar-refractivity contribution in [3.05, 3.63) is 237 Å². The van der Waals surface area contributed by atoms with Crippen molar-refractivity contribution in [1.29, 1.82) is 0 Å². The van der Waals surface area contributed by atoms with Crippen molar-refractivity contribution in [2.45, 2.75) is 0 Å². The minimum atomic E-state index is 0.543. The Kier molecular flexibility index (Phi) is 8.79. The van der Waals surface area contributed by atoms with E-state index in [0.29, 0.717) is 17.6 Å². The predicted octanol–water partition coefficient (Wildman–Crippen LogP) is 16.3. The molecule has 0 saturated carbocycles. The van der Waals surface area contributed by atoms with Gasteiger partial charge in [0.15, 0.2) is 11.6 Å². The molecule has 4 aromatic heterocycles. The van der Waals surface area contributed by atoms with E-state index in [4.69, 9.17) is 19.4 Å². The number of benzene rings is 10. The van der Waals surface area contributed by atoms with E-state index in [1.165, 1.54) is 0 Å². The van der Waals surface area contributed by atoms with Crippen molar-refractivity contribution in [2.75, 3.05) is 0 Å². The largest absolute Gasteiger partial charge is 0.455 e. The third kappa shape index (κ3) is 6.30. The Labute approximate surface area is 396 Å². The second kappa shape index (κ2) is 15.6. The maximum atomic E-state index is 6.92. The standard InChI is InChI=1S/C63H39N5O/c1-5-19-40(20-6-1)44-35-45(41-21-7-2-8-22-41)37-46(36-44)53-38-47(39-54-50-29-15-18-32-57(50)69-60(53)54)67-55-30-16-13-27-48(55)51-33-34-52-49-28-14-17-31-56(49)68(59(52)58(51)67)63-65-61(42-23-9-3-10-24-42)64-62(66-63)43-25-11-4-12-26-43/h1-39H. The fraction of sp³-hybridized carbons (Fsp3) is 0. The highest BCUT2D eigenvalue weighted by molar-refractivity contribution is 6.24. The van der Waals surface area contributed by atoms with E-state index in [0.717, 1.165) is 116 Å². The normalized spacial score (nSPS) is 11.8. The van der Waals surface area contributed by atoms with Crippen LogP contribution in [-0.2, 0) is 0 Å². The van der Waals surface area contributed by atoms with Crippen LogP contribution in [0, 0.1) is 0 Å². The van der Waals surface area contributed by atoms with Gasteiger partial charge in [-0.1, -0.05) is 188 Å². The van der Waals surface area contributed by atoms with Crippen molar-refractivity contribution in [2.24, 2.45) is 0 Å². The zero-order chi connectivity index (χ0) is 45.4. The average Bonchev–Trinajstić information content (AvgIpc) is 4.09. The fourth-order valence-electron chi connectivity index (χ4n) is 10.4. The van der Waals surface area contributed by atoms with E-state index >= 15 is 0 Å². The molecule has 0 radical (unpaired) electrons. The van der Waals surface area contributed by atoms with E-state index < -0.39 is 0 Å². The Hall–Kier alpha value is -9.39. The van der Waals surface area contributed by atoms with E-state index in [9.17, 15) is 0 Å². The maximum Gasteiger partial charge on any atom is 0.238 e. The lowest BCUT2D eigenvalue weighted by atomic mass is 9.92. The molecule has 14 aromatic rings. The van der Waals surface area contributed by atoms with Crippen LogP contribution in [0.3, 0.4) is 0 Å². The van der Waals surface area contributed by atoms with Gasteiger partial charge in [0, 0.05) is 54.7 Å². The SMILES string of the molecule is c1ccc(-c2cc(-c3ccccc3)cc(-c3cc(-n4c5ccccc5c5ccc6c7ccccc7n(-c7nc(-c8ccccc8)nc(-c8ccccc8)n7)c6c54)cc4c3oc3ccccc34)c2)cc1. The number of hydrogen-bond donors (Lipinski definition) is 0. The summed E-state index contributed by atoms with van der Waals surface area (Å²) in [6.45, 7) is 0. The average molecular weight is 882 g/mol. The predicted molar refractivity (Wildman–Crippen MR) is 283 cm³/mol. The highest BCUT2D eigenvalue weighted by Gasteiger charge is 2.25. The van der Waals surface area contributed by atoms with E-state index in [1.807, 2.05) is 42.5 Å². The number of hydrogen-bond acceptors (Lipinski definition) is 4. The van der Waals surface area contributed by atoms with Crippen molar-refractivity contribution < 1.29 is 4.42 Å². The van der Waals surface area contributed by atoms with Crippen LogP contribution in [0.25, 0.3) is 133 Å². The number of fused-ring (bicyclic) bond motifs is 10. The first-order valence-electron chi connectivity index (χ1n) is 23.3. The number of nitrogens with zero attached hydrogens (tertiary/aromatic N) is 5. The van der Waals surface area contributed by atoms with Gasteiger partial charge in [-0.15, -0.1) is 0 Å². The maximum absolute atomic E-state index is 6.92. The van der Waals surface area contributed by atoms with Crippen LogP contribution in [0.5, 0.6) is 0 Å². The van der Waals surface area contributed by atoms with Gasteiger partial charge >= 0.3 is 0 Å². The Morgan fingerprint density at radius 3 is 1.32 bits per heavy atom. The Morgan fingerprint density at radius 1 is 0.304 bits per heavy atom. The second-order valence-electron chi connectivity index (χ2n) is 17.6. The summed E-state index contributed by atoms with van der Waals surface area (Å²) in [6.07, 6.45) is 0. The van der Waals surface area contributed by atoms with Crippen molar-refractivity contribution in [3.63, 3.8) is 0 Å². The van der Waals surface area contributed by atoms with Gasteiger partial charge in [0.25, 0.3) is 0 Å². The number of para-hydroxylation sites is 3. The molecule has 10 aromatic carbocycles. The second-order valence-corrected chi connectivity index (χ2v) is 17.6. The van der Waals surface area contributed by atoms with Crippen LogP contribution in [0.2, 0.25) is 0 Å². The molecular formula is C63H39N5O. The molecule has 322 valence electrons. The Morgan fingerprint density at radius 2 is 0.754 bits per heavy atom. The summed E-state index contributed by atoms with van der Waals surface area (Å²) in [4.78, 5) is 15.8. The number of furan rings is 1. The van der Waals surface area contributed by atoms with Gasteiger partial charge < -0.3 is 8.98 Å². The lowest BCUT2D eigenvalue weighted by Gasteiger charge is -2.15. The van der Waals surface area contributed by atoms with Crippen molar-refractivity contribution in [3.8, 4) is 67.8 Å². The van der Waals surface area contributed by atoms with Gasteiger partial charge in [-0.05, 0) is 76.3 Å².